The van der Waals surface area contributed by atoms with Crippen LogP contribution in [0.5, 0.6) is 0 Å². The molecule has 1 N–H and O–H groups in total. The number of nitrogens with zero attached hydrogens (tertiary/aromatic N) is 2. The molecule has 0 aromatic carbocycles. The van der Waals surface area contributed by atoms with Gasteiger partial charge in [0.15, 0.2) is 0 Å². The van der Waals surface area contributed by atoms with Crippen LogP contribution in [0.15, 0.2) is 11.0 Å². The van der Waals surface area contributed by atoms with Gasteiger partial charge in [0.25, 0.3) is 5.56 Å². The molecule has 0 saturated heterocycles. The Morgan fingerprint density at radius 2 is 2.25 bits per heavy atom. The third-order valence-corrected chi connectivity index (χ3v) is 2.56. The predicted octanol–water partition coefficient (Wildman–Crippen LogP) is 1.08. The number of hydrogen-bond donors (Lipinski definition) is 1. The molecule has 1 aromatic rings. The van der Waals surface area contributed by atoms with Crippen molar-refractivity contribution >= 4 is 29.1 Å². The molecule has 1 heterocycles. The largest absolute Gasteiger partial charge is 0.355 e. The highest BCUT2D eigenvalue weighted by atomic mass is 35.5. The van der Waals surface area contributed by atoms with E-state index < -0.39 is 5.56 Å². The summed E-state index contributed by atoms with van der Waals surface area (Å²) < 4.78 is 0.971. The lowest BCUT2D eigenvalue weighted by molar-refractivity contribution is -0.121. The maximum Gasteiger partial charge on any atom is 0.287 e. The Labute approximate surface area is 102 Å². The summed E-state index contributed by atoms with van der Waals surface area (Å²) in [4.78, 5) is 22.8. The van der Waals surface area contributed by atoms with Crippen molar-refractivity contribution in [1.82, 2.24) is 15.1 Å². The zero-order valence-electron chi connectivity index (χ0n) is 8.67. The molecule has 1 aromatic heterocycles. The number of carbonyl (C=O) groups is 1. The van der Waals surface area contributed by atoms with Crippen LogP contribution in [-0.2, 0) is 11.3 Å². The van der Waals surface area contributed by atoms with Crippen LogP contribution in [0.2, 0.25) is 10.0 Å². The molecule has 1 rings (SSSR count). The van der Waals surface area contributed by atoms with Crippen molar-refractivity contribution < 1.29 is 4.79 Å². The summed E-state index contributed by atoms with van der Waals surface area (Å²) in [5.74, 6) is -0.283. The van der Waals surface area contributed by atoms with E-state index in [-0.39, 0.29) is 22.5 Å². The van der Waals surface area contributed by atoms with E-state index in [1.165, 1.54) is 6.20 Å². The second-order valence-electron chi connectivity index (χ2n) is 3.12. The molecule has 0 aliphatic rings. The lowest BCUT2D eigenvalue weighted by atomic mass is 10.4. The fourth-order valence-electron chi connectivity index (χ4n) is 1.01. The van der Waals surface area contributed by atoms with Crippen LogP contribution in [0.1, 0.15) is 13.3 Å². The average molecular weight is 264 g/mol. The number of nitrogens with one attached hydrogen (secondary N) is 1. The van der Waals surface area contributed by atoms with Gasteiger partial charge in [0, 0.05) is 6.54 Å². The fraction of sp³-hybridized carbons (Fsp3) is 0.444. The Morgan fingerprint density at radius 1 is 1.56 bits per heavy atom. The smallest absolute Gasteiger partial charge is 0.287 e. The minimum absolute atomic E-state index is 0.0804. The standard InChI is InChI=1S/C9H11Cl2N3O2/c1-2-3-12-7(15)5-14-9(16)8(11)6(10)4-13-14/h4H,2-3,5H2,1H3,(H,12,15). The van der Waals surface area contributed by atoms with E-state index in [0.717, 1.165) is 11.1 Å². The molecule has 0 saturated carbocycles. The van der Waals surface area contributed by atoms with Crippen LogP contribution in [0.3, 0.4) is 0 Å². The summed E-state index contributed by atoms with van der Waals surface area (Å²) in [6.45, 7) is 2.34. The van der Waals surface area contributed by atoms with E-state index in [4.69, 9.17) is 23.2 Å². The number of aromatic nitrogens is 2. The van der Waals surface area contributed by atoms with E-state index in [1.807, 2.05) is 6.92 Å². The van der Waals surface area contributed by atoms with Gasteiger partial charge in [0.05, 0.1) is 11.2 Å². The Balaban J connectivity index is 2.79. The van der Waals surface area contributed by atoms with Gasteiger partial charge in [0.2, 0.25) is 5.91 Å². The minimum atomic E-state index is -0.569. The van der Waals surface area contributed by atoms with Crippen LogP contribution in [0.25, 0.3) is 0 Å². The molecule has 0 unspecified atom stereocenters. The fourth-order valence-corrected chi connectivity index (χ4v) is 1.28. The Hall–Kier alpha value is -1.07. The van der Waals surface area contributed by atoms with Crippen molar-refractivity contribution in [1.29, 1.82) is 0 Å². The SMILES string of the molecule is CCCNC(=O)Cn1ncc(Cl)c(Cl)c1=O. The van der Waals surface area contributed by atoms with Crippen LogP contribution in [0.4, 0.5) is 0 Å². The first kappa shape index (κ1) is 13.0. The minimum Gasteiger partial charge on any atom is -0.355 e. The highest BCUT2D eigenvalue weighted by Crippen LogP contribution is 2.14. The predicted molar refractivity (Wildman–Crippen MR) is 61.8 cm³/mol. The number of amides is 1. The first-order valence-electron chi connectivity index (χ1n) is 4.74. The molecule has 0 bridgehead atoms. The van der Waals surface area contributed by atoms with Gasteiger partial charge in [-0.3, -0.25) is 9.59 Å². The normalized spacial score (nSPS) is 10.2. The van der Waals surface area contributed by atoms with Crippen molar-refractivity contribution in [2.24, 2.45) is 0 Å². The summed E-state index contributed by atoms with van der Waals surface area (Å²) in [5, 5.41) is 6.30. The van der Waals surface area contributed by atoms with Gasteiger partial charge >= 0.3 is 0 Å². The number of rotatable bonds is 4. The molecule has 16 heavy (non-hydrogen) atoms. The van der Waals surface area contributed by atoms with E-state index in [2.05, 4.69) is 10.4 Å². The first-order valence-corrected chi connectivity index (χ1v) is 5.49. The van der Waals surface area contributed by atoms with Gasteiger partial charge in [-0.05, 0) is 6.42 Å². The summed E-state index contributed by atoms with van der Waals surface area (Å²) in [7, 11) is 0. The van der Waals surface area contributed by atoms with Crippen LogP contribution >= 0.6 is 23.2 Å². The van der Waals surface area contributed by atoms with Crippen LogP contribution in [0, 0.1) is 0 Å². The van der Waals surface area contributed by atoms with Crippen molar-refractivity contribution in [3.05, 3.63) is 26.6 Å². The highest BCUT2D eigenvalue weighted by molar-refractivity contribution is 6.41. The van der Waals surface area contributed by atoms with Crippen LogP contribution in [-0.4, -0.2) is 22.2 Å². The molecule has 0 aliphatic carbocycles. The first-order chi connectivity index (χ1) is 7.56. The zero-order chi connectivity index (χ0) is 12.1. The van der Waals surface area contributed by atoms with Gasteiger partial charge < -0.3 is 5.32 Å². The molecule has 5 nitrogen and oxygen atoms in total. The van der Waals surface area contributed by atoms with E-state index in [1.54, 1.807) is 0 Å². The highest BCUT2D eigenvalue weighted by Gasteiger charge is 2.09. The number of carbonyl (C=O) groups excluding carboxylic acids is 1. The second kappa shape index (κ2) is 5.86. The van der Waals surface area contributed by atoms with Crippen molar-refractivity contribution in [2.75, 3.05) is 6.54 Å². The van der Waals surface area contributed by atoms with Crippen molar-refractivity contribution in [2.45, 2.75) is 19.9 Å². The van der Waals surface area contributed by atoms with E-state index in [0.29, 0.717) is 6.54 Å². The molecule has 88 valence electrons. The Bertz CT molecular complexity index is 445. The molecule has 1 amide bonds. The van der Waals surface area contributed by atoms with Gasteiger partial charge in [-0.15, -0.1) is 0 Å². The topological polar surface area (TPSA) is 64.0 Å². The lowest BCUT2D eigenvalue weighted by Crippen LogP contribution is -2.34. The van der Waals surface area contributed by atoms with Crippen molar-refractivity contribution in [3.8, 4) is 0 Å². The molecule has 0 radical (unpaired) electrons. The molecule has 0 aliphatic heterocycles. The summed E-state index contributed by atoms with van der Waals surface area (Å²) >= 11 is 11.2. The lowest BCUT2D eigenvalue weighted by Gasteiger charge is -2.05. The molecule has 7 heteroatoms. The number of hydrogen-bond acceptors (Lipinski definition) is 3. The maximum atomic E-state index is 11.5. The molecular formula is C9H11Cl2N3O2. The van der Waals surface area contributed by atoms with Gasteiger partial charge in [-0.25, -0.2) is 4.68 Å². The van der Waals surface area contributed by atoms with Crippen molar-refractivity contribution in [3.63, 3.8) is 0 Å². The molecule has 0 fully saturated rings. The molecule has 0 spiro atoms. The van der Waals surface area contributed by atoms with E-state index >= 15 is 0 Å². The average Bonchev–Trinajstić information content (AvgIpc) is 2.27. The van der Waals surface area contributed by atoms with Gasteiger partial charge in [-0.1, -0.05) is 30.1 Å². The Kier molecular flexibility index (Phi) is 4.76. The summed E-state index contributed by atoms with van der Waals surface area (Å²) in [6, 6.07) is 0. The van der Waals surface area contributed by atoms with E-state index in [9.17, 15) is 9.59 Å². The van der Waals surface area contributed by atoms with Crippen LogP contribution < -0.4 is 10.9 Å². The zero-order valence-corrected chi connectivity index (χ0v) is 10.2. The Morgan fingerprint density at radius 3 is 2.88 bits per heavy atom. The quantitative estimate of drug-likeness (QED) is 0.884. The monoisotopic (exact) mass is 263 g/mol. The third-order valence-electron chi connectivity index (χ3n) is 1.81. The molecular weight excluding hydrogens is 253 g/mol. The van der Waals surface area contributed by atoms with Gasteiger partial charge in [0.1, 0.15) is 11.6 Å². The third kappa shape index (κ3) is 3.21. The molecule has 0 atom stereocenters. The number of halogens is 2. The maximum absolute atomic E-state index is 11.5. The summed E-state index contributed by atoms with van der Waals surface area (Å²) in [5.41, 5.74) is -0.569. The summed E-state index contributed by atoms with van der Waals surface area (Å²) in [6.07, 6.45) is 2.06. The van der Waals surface area contributed by atoms with Gasteiger partial charge in [-0.2, -0.15) is 5.10 Å². The second-order valence-corrected chi connectivity index (χ2v) is 3.90.